The van der Waals surface area contributed by atoms with Crippen molar-refractivity contribution in [1.29, 1.82) is 0 Å². The Kier molecular flexibility index (Phi) is 22.3. The molecule has 10 nitrogen and oxygen atoms in total. The Labute approximate surface area is 471 Å². The van der Waals surface area contributed by atoms with Crippen molar-refractivity contribution in [3.05, 3.63) is 263 Å². The smallest absolute Gasteiger partial charge is 0.308 e. The lowest BCUT2D eigenvalue weighted by Crippen LogP contribution is -2.58. The molecular weight excluding hydrogens is 1030 g/mol. The standard InChI is InChI=1S/C65H69N3O7S3/c1-4-39-75-60(72)44-58(70)61(47(2)3)68-63(74)57(46-78-65(52-31-17-8-18-32-52,53-33-19-9-20-34-53)54-35-21-10-22-36-54)67-62(73)56(42-48-38-41-76-45-48)66-59(71)43-55(69)37-23-24-40-77-64(49-25-11-5-12-26-49,50-27-13-6-14-28-50)51-29-15-7-16-30-51/h4-23,25-38,41,45,47,55-58,61,69-70H,1,24,39-40,42-44,46H2,2-3H3,(H,66,71)(H,67,73)(H,68,74)/t55?,56?,57?,58-,61+/m0/s1. The lowest BCUT2D eigenvalue weighted by Gasteiger charge is -2.37. The normalized spacial score (nSPS) is 13.7. The Balaban J connectivity index is 1.11. The monoisotopic (exact) mass is 1100 g/mol. The van der Waals surface area contributed by atoms with Crippen molar-refractivity contribution < 1.29 is 34.1 Å². The third-order valence-corrected chi connectivity index (χ3v) is 17.3. The van der Waals surface area contributed by atoms with E-state index in [-0.39, 0.29) is 37.5 Å². The van der Waals surface area contributed by atoms with E-state index in [1.165, 1.54) is 29.2 Å². The third-order valence-electron chi connectivity index (χ3n) is 13.4. The van der Waals surface area contributed by atoms with Crippen LogP contribution >= 0.6 is 34.9 Å². The number of esters is 1. The van der Waals surface area contributed by atoms with Gasteiger partial charge in [0.25, 0.3) is 0 Å². The molecule has 3 amide bonds. The number of benzene rings is 6. The number of hydrogen-bond donors (Lipinski definition) is 5. The average Bonchev–Trinajstić information content (AvgIpc) is 4.01. The van der Waals surface area contributed by atoms with Gasteiger partial charge in [-0.3, -0.25) is 19.2 Å². The van der Waals surface area contributed by atoms with Gasteiger partial charge in [-0.25, -0.2) is 0 Å². The molecule has 0 saturated carbocycles. The fourth-order valence-corrected chi connectivity index (χ4v) is 13.3. The van der Waals surface area contributed by atoms with E-state index in [1.54, 1.807) is 17.8 Å². The van der Waals surface area contributed by atoms with Crippen molar-refractivity contribution >= 4 is 58.6 Å². The minimum Gasteiger partial charge on any atom is -0.461 e. The van der Waals surface area contributed by atoms with E-state index >= 15 is 0 Å². The molecule has 3 unspecified atom stereocenters. The van der Waals surface area contributed by atoms with Crippen molar-refractivity contribution in [3.8, 4) is 0 Å². The van der Waals surface area contributed by atoms with Crippen LogP contribution in [0.4, 0.5) is 0 Å². The van der Waals surface area contributed by atoms with Crippen LogP contribution in [0.15, 0.2) is 224 Å². The van der Waals surface area contributed by atoms with Gasteiger partial charge in [0, 0.05) is 12.2 Å². The van der Waals surface area contributed by atoms with Gasteiger partial charge >= 0.3 is 5.97 Å². The van der Waals surface area contributed by atoms with E-state index in [4.69, 9.17) is 4.74 Å². The van der Waals surface area contributed by atoms with Crippen LogP contribution in [-0.4, -0.2) is 82.3 Å². The average molecular weight is 1100 g/mol. The number of thioether (sulfide) groups is 2. The van der Waals surface area contributed by atoms with Crippen LogP contribution in [0.25, 0.3) is 0 Å². The number of aliphatic hydroxyl groups is 2. The number of ether oxygens (including phenoxy) is 1. The Morgan fingerprint density at radius 2 is 1.05 bits per heavy atom. The second kappa shape index (κ2) is 29.7. The summed E-state index contributed by atoms with van der Waals surface area (Å²) in [4.78, 5) is 56.4. The Bertz CT molecular complexity index is 2770. The number of carbonyl (C=O) groups is 4. The predicted octanol–water partition coefficient (Wildman–Crippen LogP) is 11.0. The molecule has 0 aliphatic rings. The predicted molar refractivity (Wildman–Crippen MR) is 318 cm³/mol. The highest BCUT2D eigenvalue weighted by atomic mass is 32.2. The van der Waals surface area contributed by atoms with Gasteiger partial charge < -0.3 is 30.9 Å². The van der Waals surface area contributed by atoms with Crippen molar-refractivity contribution in [2.75, 3.05) is 18.1 Å². The Morgan fingerprint density at radius 3 is 1.47 bits per heavy atom. The second-order valence-corrected chi connectivity index (χ2v) is 22.6. The molecule has 13 heteroatoms. The number of aliphatic hydroxyl groups excluding tert-OH is 2. The first-order chi connectivity index (χ1) is 37.9. The molecule has 7 aromatic rings. The molecule has 6 aromatic carbocycles. The summed E-state index contributed by atoms with van der Waals surface area (Å²) in [6.07, 6.45) is 2.51. The quantitative estimate of drug-likeness (QED) is 0.0133. The van der Waals surface area contributed by atoms with E-state index in [1.807, 2.05) is 146 Å². The van der Waals surface area contributed by atoms with Gasteiger partial charge in [0.05, 0.1) is 40.6 Å². The summed E-state index contributed by atoms with van der Waals surface area (Å²) in [5.74, 6) is -2.02. The summed E-state index contributed by atoms with van der Waals surface area (Å²) in [6, 6.07) is 59.8. The zero-order valence-corrected chi connectivity index (χ0v) is 46.5. The fraction of sp³-hybridized carbons (Fsp3) is 0.262. The number of allylic oxidation sites excluding steroid dienone is 1. The summed E-state index contributed by atoms with van der Waals surface area (Å²) in [7, 11) is 0. The molecule has 1 aromatic heterocycles. The van der Waals surface area contributed by atoms with E-state index in [0.29, 0.717) is 12.2 Å². The van der Waals surface area contributed by atoms with Gasteiger partial charge in [-0.15, -0.1) is 23.5 Å². The molecule has 0 fully saturated rings. The molecule has 0 radical (unpaired) electrons. The SMILES string of the molecule is C=CCOC(=O)C[C@H](O)[C@H](NC(=O)C(CSC(c1ccccc1)(c1ccccc1)c1ccccc1)NC(=O)C(Cc1ccsc1)NC(=O)CC(O)C=CCCSC(c1ccccc1)(c1ccccc1)c1ccccc1)C(C)C. The van der Waals surface area contributed by atoms with Gasteiger partial charge in [0.15, 0.2) is 0 Å². The van der Waals surface area contributed by atoms with Crippen molar-refractivity contribution in [2.24, 2.45) is 5.92 Å². The van der Waals surface area contributed by atoms with Gasteiger partial charge in [0.1, 0.15) is 18.7 Å². The Hall–Kier alpha value is -7.00. The molecule has 7 rings (SSSR count). The van der Waals surface area contributed by atoms with Gasteiger partial charge in [-0.2, -0.15) is 11.3 Å². The number of rotatable bonds is 29. The zero-order valence-electron chi connectivity index (χ0n) is 44.1. The summed E-state index contributed by atoms with van der Waals surface area (Å²) in [5.41, 5.74) is 7.08. The van der Waals surface area contributed by atoms with Gasteiger partial charge in [0.2, 0.25) is 17.7 Å². The molecule has 404 valence electrons. The van der Waals surface area contributed by atoms with Gasteiger partial charge in [-0.05, 0) is 73.9 Å². The van der Waals surface area contributed by atoms with Crippen LogP contribution in [0.3, 0.4) is 0 Å². The van der Waals surface area contributed by atoms with Gasteiger partial charge in [-0.1, -0.05) is 221 Å². The number of amides is 3. The second-order valence-electron chi connectivity index (χ2n) is 19.2. The molecule has 0 saturated heterocycles. The zero-order chi connectivity index (χ0) is 55.2. The minimum absolute atomic E-state index is 0.0270. The topological polar surface area (TPSA) is 154 Å². The summed E-state index contributed by atoms with van der Waals surface area (Å²) < 4.78 is 3.79. The van der Waals surface area contributed by atoms with Crippen LogP contribution in [0.5, 0.6) is 0 Å². The van der Waals surface area contributed by atoms with Crippen LogP contribution in [-0.2, 0) is 39.8 Å². The molecular formula is C65H69N3O7S3. The maximum atomic E-state index is 14.9. The first-order valence-corrected chi connectivity index (χ1v) is 29.2. The fourth-order valence-electron chi connectivity index (χ4n) is 9.58. The number of carbonyl (C=O) groups excluding carboxylic acids is 4. The molecule has 78 heavy (non-hydrogen) atoms. The summed E-state index contributed by atoms with van der Waals surface area (Å²) in [5, 5.41) is 35.3. The van der Waals surface area contributed by atoms with Crippen molar-refractivity contribution in [3.63, 3.8) is 0 Å². The molecule has 0 aliphatic carbocycles. The van der Waals surface area contributed by atoms with Crippen LogP contribution in [0, 0.1) is 5.92 Å². The van der Waals surface area contributed by atoms with E-state index in [0.717, 1.165) is 38.9 Å². The minimum atomic E-state index is -1.32. The molecule has 1 heterocycles. The van der Waals surface area contributed by atoms with E-state index in [2.05, 4.69) is 95.3 Å². The molecule has 0 spiro atoms. The number of thiophene rings is 1. The Morgan fingerprint density at radius 1 is 0.603 bits per heavy atom. The maximum Gasteiger partial charge on any atom is 0.308 e. The highest BCUT2D eigenvalue weighted by molar-refractivity contribution is 8.00. The number of nitrogens with one attached hydrogen (secondary N) is 3. The summed E-state index contributed by atoms with van der Waals surface area (Å²) in [6.45, 7) is 7.20. The molecule has 0 bridgehead atoms. The first-order valence-electron chi connectivity index (χ1n) is 26.3. The third kappa shape index (κ3) is 15.6. The van der Waals surface area contributed by atoms with Crippen LogP contribution < -0.4 is 16.0 Å². The maximum absolute atomic E-state index is 14.9. The molecule has 5 atom stereocenters. The highest BCUT2D eigenvalue weighted by Gasteiger charge is 2.41. The molecule has 5 N–H and O–H groups in total. The first kappa shape index (κ1) is 58.7. The highest BCUT2D eigenvalue weighted by Crippen LogP contribution is 2.50. The van der Waals surface area contributed by atoms with E-state index < -0.39 is 63.5 Å². The largest absolute Gasteiger partial charge is 0.461 e. The van der Waals surface area contributed by atoms with Crippen molar-refractivity contribution in [2.45, 2.75) is 79.4 Å². The number of hydrogen-bond acceptors (Lipinski definition) is 10. The van der Waals surface area contributed by atoms with Crippen molar-refractivity contribution in [1.82, 2.24) is 16.0 Å². The molecule has 0 aliphatic heterocycles. The lowest BCUT2D eigenvalue weighted by atomic mass is 9.84. The lowest BCUT2D eigenvalue weighted by molar-refractivity contribution is -0.145. The van der Waals surface area contributed by atoms with E-state index in [9.17, 15) is 29.4 Å². The van der Waals surface area contributed by atoms with Crippen LogP contribution in [0.1, 0.15) is 72.1 Å². The summed E-state index contributed by atoms with van der Waals surface area (Å²) >= 11 is 4.73. The van der Waals surface area contributed by atoms with Crippen LogP contribution in [0.2, 0.25) is 0 Å².